The van der Waals surface area contributed by atoms with E-state index in [1.165, 1.54) is 0 Å². The smallest absolute Gasteiger partial charge is 0.227 e. The first-order valence-corrected chi connectivity index (χ1v) is 10.2. The molecule has 0 unspecified atom stereocenters. The molecule has 4 heterocycles. The van der Waals surface area contributed by atoms with E-state index in [2.05, 4.69) is 29.2 Å². The summed E-state index contributed by atoms with van der Waals surface area (Å²) in [6.07, 6.45) is 6.55. The maximum absolute atomic E-state index is 12.6. The van der Waals surface area contributed by atoms with Crippen molar-refractivity contribution in [3.63, 3.8) is 0 Å². The highest BCUT2D eigenvalue weighted by Crippen LogP contribution is 2.31. The van der Waals surface area contributed by atoms with Crippen LogP contribution < -0.4 is 0 Å². The third kappa shape index (κ3) is 4.21. The summed E-state index contributed by atoms with van der Waals surface area (Å²) in [6, 6.07) is 9.99. The summed E-state index contributed by atoms with van der Waals surface area (Å²) in [7, 11) is 0. The van der Waals surface area contributed by atoms with Gasteiger partial charge in [0, 0.05) is 43.5 Å². The molecule has 0 aromatic carbocycles. The molecule has 1 fully saturated rings. The third-order valence-electron chi connectivity index (χ3n) is 5.63. The molecule has 29 heavy (non-hydrogen) atoms. The van der Waals surface area contributed by atoms with Crippen LogP contribution in [-0.4, -0.2) is 39.0 Å². The summed E-state index contributed by atoms with van der Waals surface area (Å²) >= 11 is 0. The number of piperidine rings is 1. The topological polar surface area (TPSA) is 72.1 Å². The number of carbonyl (C=O) groups excluding carboxylic acids is 1. The van der Waals surface area contributed by atoms with Crippen LogP contribution in [0.3, 0.4) is 0 Å². The Morgan fingerprint density at radius 3 is 2.76 bits per heavy atom. The van der Waals surface area contributed by atoms with Crippen LogP contribution in [0.4, 0.5) is 0 Å². The molecule has 1 aliphatic rings. The molecule has 4 rings (SSSR count). The van der Waals surface area contributed by atoms with Crippen LogP contribution in [-0.2, 0) is 17.6 Å². The Kier molecular flexibility index (Phi) is 5.69. The van der Waals surface area contributed by atoms with Crippen molar-refractivity contribution in [3.8, 4) is 11.3 Å². The Balaban J connectivity index is 1.42. The molecule has 150 valence electrons. The van der Waals surface area contributed by atoms with Crippen molar-refractivity contribution in [1.29, 1.82) is 0 Å². The van der Waals surface area contributed by atoms with Crippen molar-refractivity contribution < 1.29 is 9.32 Å². The van der Waals surface area contributed by atoms with Gasteiger partial charge in [0.2, 0.25) is 5.91 Å². The molecule has 0 saturated carbocycles. The van der Waals surface area contributed by atoms with E-state index < -0.39 is 0 Å². The van der Waals surface area contributed by atoms with Crippen LogP contribution in [0.2, 0.25) is 0 Å². The van der Waals surface area contributed by atoms with Gasteiger partial charge in [-0.15, -0.1) is 0 Å². The summed E-state index contributed by atoms with van der Waals surface area (Å²) in [5.74, 6) is 1.41. The van der Waals surface area contributed by atoms with Crippen molar-refractivity contribution in [2.45, 2.75) is 45.4 Å². The second-order valence-corrected chi connectivity index (χ2v) is 7.56. The molecular weight excluding hydrogens is 364 g/mol. The summed E-state index contributed by atoms with van der Waals surface area (Å²) in [6.45, 7) is 5.55. The summed E-state index contributed by atoms with van der Waals surface area (Å²) in [4.78, 5) is 23.6. The van der Waals surface area contributed by atoms with Gasteiger partial charge >= 0.3 is 0 Å². The number of carbonyl (C=O) groups is 1. The third-order valence-corrected chi connectivity index (χ3v) is 5.63. The number of pyridine rings is 2. The lowest BCUT2D eigenvalue weighted by atomic mass is 9.92. The second kappa shape index (κ2) is 8.55. The molecule has 0 spiro atoms. The van der Waals surface area contributed by atoms with Gasteiger partial charge in [-0.25, -0.2) is 0 Å². The summed E-state index contributed by atoms with van der Waals surface area (Å²) in [5.41, 5.74) is 4.86. The average Bonchev–Trinajstić information content (AvgIpc) is 3.15. The molecule has 0 aliphatic carbocycles. The fraction of sp³-hybridized carbons (Fsp3) is 0.391. The van der Waals surface area contributed by atoms with Crippen molar-refractivity contribution in [1.82, 2.24) is 20.0 Å². The van der Waals surface area contributed by atoms with Gasteiger partial charge in [0.15, 0.2) is 0 Å². The number of hydrogen-bond donors (Lipinski definition) is 0. The Morgan fingerprint density at radius 2 is 2.03 bits per heavy atom. The fourth-order valence-electron chi connectivity index (χ4n) is 4.02. The number of likely N-dealkylation sites (tertiary alicyclic amines) is 1. The first kappa shape index (κ1) is 19.3. The number of amides is 1. The van der Waals surface area contributed by atoms with Crippen LogP contribution >= 0.6 is 0 Å². The number of nitrogens with zero attached hydrogens (tertiary/aromatic N) is 4. The Morgan fingerprint density at radius 1 is 1.21 bits per heavy atom. The number of hydrogen-bond acceptors (Lipinski definition) is 5. The predicted octanol–water partition coefficient (Wildman–Crippen LogP) is 3.95. The van der Waals surface area contributed by atoms with Crippen molar-refractivity contribution in [2.75, 3.05) is 13.1 Å². The average molecular weight is 390 g/mol. The van der Waals surface area contributed by atoms with E-state index >= 15 is 0 Å². The summed E-state index contributed by atoms with van der Waals surface area (Å²) in [5, 5.41) is 4.11. The molecule has 6 nitrogen and oxygen atoms in total. The van der Waals surface area contributed by atoms with E-state index in [1.807, 2.05) is 30.0 Å². The zero-order chi connectivity index (χ0) is 20.2. The largest absolute Gasteiger partial charge is 0.360 e. The Hall–Kier alpha value is -3.02. The zero-order valence-electron chi connectivity index (χ0n) is 17.0. The maximum atomic E-state index is 12.6. The van der Waals surface area contributed by atoms with Gasteiger partial charge in [0.05, 0.1) is 23.4 Å². The first-order valence-electron chi connectivity index (χ1n) is 10.2. The quantitative estimate of drug-likeness (QED) is 0.660. The minimum Gasteiger partial charge on any atom is -0.360 e. The minimum atomic E-state index is 0.172. The van der Waals surface area contributed by atoms with Gasteiger partial charge in [0.1, 0.15) is 5.76 Å². The lowest BCUT2D eigenvalue weighted by molar-refractivity contribution is -0.131. The number of aromatic nitrogens is 3. The van der Waals surface area contributed by atoms with Crippen molar-refractivity contribution in [3.05, 3.63) is 65.4 Å². The van der Waals surface area contributed by atoms with Crippen LogP contribution in [0, 0.1) is 6.92 Å². The molecular formula is C23H26N4O2. The van der Waals surface area contributed by atoms with Gasteiger partial charge in [-0.05, 0) is 43.5 Å². The highest BCUT2D eigenvalue weighted by atomic mass is 16.5. The minimum absolute atomic E-state index is 0.172. The molecule has 1 saturated heterocycles. The molecule has 6 heteroatoms. The van der Waals surface area contributed by atoms with E-state index in [0.717, 1.165) is 66.3 Å². The molecule has 0 radical (unpaired) electrons. The van der Waals surface area contributed by atoms with E-state index in [1.54, 1.807) is 12.4 Å². The number of rotatable bonds is 5. The molecule has 0 N–H and O–H groups in total. The van der Waals surface area contributed by atoms with Crippen molar-refractivity contribution in [2.24, 2.45) is 0 Å². The Labute approximate surface area is 171 Å². The molecule has 0 bridgehead atoms. The van der Waals surface area contributed by atoms with Crippen LogP contribution in [0.15, 0.2) is 47.2 Å². The monoisotopic (exact) mass is 390 g/mol. The van der Waals surface area contributed by atoms with Crippen LogP contribution in [0.25, 0.3) is 11.3 Å². The molecule has 1 amide bonds. The molecule has 0 atom stereocenters. The summed E-state index contributed by atoms with van der Waals surface area (Å²) < 4.78 is 5.43. The van der Waals surface area contributed by atoms with Crippen molar-refractivity contribution >= 4 is 5.91 Å². The normalized spacial score (nSPS) is 14.9. The van der Waals surface area contributed by atoms with E-state index in [-0.39, 0.29) is 5.91 Å². The van der Waals surface area contributed by atoms with E-state index in [9.17, 15) is 4.79 Å². The van der Waals surface area contributed by atoms with Gasteiger partial charge in [-0.3, -0.25) is 14.8 Å². The SMILES string of the molecule is CCc1onc(C)c1-c1cccc(C2CCN(C(=O)Cc3cccnc3)CC2)n1. The van der Waals surface area contributed by atoms with E-state index in [4.69, 9.17) is 9.51 Å². The second-order valence-electron chi connectivity index (χ2n) is 7.56. The highest BCUT2D eigenvalue weighted by molar-refractivity contribution is 5.78. The number of aryl methyl sites for hydroxylation is 2. The maximum Gasteiger partial charge on any atom is 0.227 e. The van der Waals surface area contributed by atoms with Gasteiger partial charge < -0.3 is 9.42 Å². The molecule has 1 aliphatic heterocycles. The van der Waals surface area contributed by atoms with Gasteiger partial charge in [-0.1, -0.05) is 24.2 Å². The van der Waals surface area contributed by atoms with E-state index in [0.29, 0.717) is 12.3 Å². The Bertz CT molecular complexity index is 976. The van der Waals surface area contributed by atoms with Crippen LogP contribution in [0.1, 0.15) is 48.4 Å². The lowest BCUT2D eigenvalue weighted by Gasteiger charge is -2.32. The van der Waals surface area contributed by atoms with Crippen LogP contribution in [0.5, 0.6) is 0 Å². The lowest BCUT2D eigenvalue weighted by Crippen LogP contribution is -2.38. The first-order chi connectivity index (χ1) is 14.2. The molecule has 3 aromatic heterocycles. The fourth-order valence-corrected chi connectivity index (χ4v) is 4.02. The standard InChI is InChI=1S/C23H26N4O2/c1-3-21-23(16(2)26-29-21)20-8-4-7-19(25-20)18-9-12-27(13-10-18)22(28)14-17-6-5-11-24-15-17/h4-8,11,15,18H,3,9-10,12-14H2,1-2H3. The van der Waals surface area contributed by atoms with Gasteiger partial charge in [-0.2, -0.15) is 0 Å². The highest BCUT2D eigenvalue weighted by Gasteiger charge is 2.25. The predicted molar refractivity (Wildman–Crippen MR) is 110 cm³/mol. The zero-order valence-corrected chi connectivity index (χ0v) is 17.0. The van der Waals surface area contributed by atoms with Gasteiger partial charge in [0.25, 0.3) is 0 Å². The molecule has 3 aromatic rings.